The molecule has 114 valence electrons. The van der Waals surface area contributed by atoms with E-state index >= 15 is 0 Å². The van der Waals surface area contributed by atoms with Crippen molar-refractivity contribution in [2.45, 2.75) is 41.0 Å². The van der Waals surface area contributed by atoms with Crippen LogP contribution in [0, 0.1) is 5.92 Å². The third-order valence-electron chi connectivity index (χ3n) is 1.38. The van der Waals surface area contributed by atoms with Crippen molar-refractivity contribution in [3.63, 3.8) is 0 Å². The van der Waals surface area contributed by atoms with Gasteiger partial charge in [-0.3, -0.25) is 0 Å². The van der Waals surface area contributed by atoms with E-state index in [1.807, 2.05) is 0 Å². The summed E-state index contributed by atoms with van der Waals surface area (Å²) in [5, 5.41) is 22.7. The molecule has 3 nitrogen and oxygen atoms in total. The molecule has 3 N–H and O–H groups in total. The molecule has 0 bridgehead atoms. The molecule has 0 aliphatic carbocycles. The zero-order valence-electron chi connectivity index (χ0n) is 13.1. The van der Waals surface area contributed by atoms with Crippen molar-refractivity contribution < 1.29 is 41.5 Å². The zero-order chi connectivity index (χ0) is 14.8. The van der Waals surface area contributed by atoms with Gasteiger partial charge in [-0.2, -0.15) is 17.7 Å². The van der Waals surface area contributed by atoms with E-state index in [4.69, 9.17) is 15.3 Å². The Bertz CT molecular complexity index is 194. The summed E-state index contributed by atoms with van der Waals surface area (Å²) in [4.78, 5) is 0. The number of aliphatic hydroxyl groups excluding tert-OH is 3. The van der Waals surface area contributed by atoms with Crippen molar-refractivity contribution >= 4 is 0 Å². The molecule has 0 saturated heterocycles. The molecule has 0 aromatic heterocycles. The van der Waals surface area contributed by atoms with Crippen LogP contribution in [0.3, 0.4) is 0 Å². The van der Waals surface area contributed by atoms with Crippen LogP contribution >= 0.6 is 0 Å². The summed E-state index contributed by atoms with van der Waals surface area (Å²) in [6, 6.07) is 8.55. The standard InChI is InChI=1S/C9H13.3C2H6O.Zr/c1-8(2)7-9-5-3-4-6-9;3*1-2-3;/h3-6,8H,7H2,1-2H3;3*3H,2H2,1H3;/q-1;;;;. The predicted molar refractivity (Wildman–Crippen MR) is 78.9 cm³/mol. The maximum atomic E-state index is 7.57. The van der Waals surface area contributed by atoms with Crippen LogP contribution in [0.15, 0.2) is 24.3 Å². The summed E-state index contributed by atoms with van der Waals surface area (Å²) in [5.74, 6) is 0.785. The van der Waals surface area contributed by atoms with Gasteiger partial charge in [0.05, 0.1) is 0 Å². The molecule has 1 aromatic carbocycles. The van der Waals surface area contributed by atoms with Gasteiger partial charge in [0.15, 0.2) is 0 Å². The molecule has 0 fully saturated rings. The average Bonchev–Trinajstić information content (AvgIpc) is 2.73. The van der Waals surface area contributed by atoms with Gasteiger partial charge >= 0.3 is 0 Å². The van der Waals surface area contributed by atoms with Crippen LogP contribution in [0.2, 0.25) is 0 Å². The molecule has 0 amide bonds. The van der Waals surface area contributed by atoms with Gasteiger partial charge in [-0.1, -0.05) is 26.2 Å². The summed E-state index contributed by atoms with van der Waals surface area (Å²) in [6.45, 7) is 10.3. The van der Waals surface area contributed by atoms with E-state index in [0.717, 1.165) is 5.92 Å². The third-order valence-corrected chi connectivity index (χ3v) is 1.38. The van der Waals surface area contributed by atoms with Gasteiger partial charge in [-0.05, 0) is 20.8 Å². The van der Waals surface area contributed by atoms with Crippen LogP contribution in [0.5, 0.6) is 0 Å². The fourth-order valence-corrected chi connectivity index (χ4v) is 1.02. The van der Waals surface area contributed by atoms with E-state index < -0.39 is 0 Å². The Hall–Kier alpha value is 0.113. The van der Waals surface area contributed by atoms with Gasteiger partial charge in [0.2, 0.25) is 0 Å². The first-order valence-electron chi connectivity index (χ1n) is 6.56. The summed E-state index contributed by atoms with van der Waals surface area (Å²) in [5.41, 5.74) is 1.46. The molecule has 4 heteroatoms. The van der Waals surface area contributed by atoms with Crippen molar-refractivity contribution in [1.82, 2.24) is 0 Å². The second-order valence-electron chi connectivity index (χ2n) is 3.84. The largest absolute Gasteiger partial charge is 0.397 e. The minimum Gasteiger partial charge on any atom is -0.397 e. The van der Waals surface area contributed by atoms with Crippen molar-refractivity contribution in [3.05, 3.63) is 29.8 Å². The van der Waals surface area contributed by atoms with E-state index in [9.17, 15) is 0 Å². The van der Waals surface area contributed by atoms with Gasteiger partial charge in [-0.25, -0.2) is 12.1 Å². The van der Waals surface area contributed by atoms with Crippen LogP contribution in [0.25, 0.3) is 0 Å². The van der Waals surface area contributed by atoms with Crippen molar-refractivity contribution in [1.29, 1.82) is 0 Å². The first-order valence-corrected chi connectivity index (χ1v) is 6.56. The molecule has 0 heterocycles. The summed E-state index contributed by atoms with van der Waals surface area (Å²) in [7, 11) is 0. The molecule has 0 aliphatic heterocycles. The van der Waals surface area contributed by atoms with Crippen LogP contribution in [0.4, 0.5) is 0 Å². The van der Waals surface area contributed by atoms with Crippen molar-refractivity contribution in [2.24, 2.45) is 5.92 Å². The quantitative estimate of drug-likeness (QED) is 0.719. The maximum absolute atomic E-state index is 7.57. The van der Waals surface area contributed by atoms with Gasteiger partial charge in [-0.15, -0.1) is 0 Å². The first-order chi connectivity index (χ1) is 8.53. The Labute approximate surface area is 138 Å². The third kappa shape index (κ3) is 38.1. The number of aliphatic hydroxyl groups is 3. The molecular weight excluding hydrogens is 319 g/mol. The van der Waals surface area contributed by atoms with Gasteiger partial charge in [0.25, 0.3) is 0 Å². The average molecular weight is 351 g/mol. The smallest absolute Gasteiger partial charge is 0.0402 e. The number of hydrogen-bond acceptors (Lipinski definition) is 3. The molecule has 19 heavy (non-hydrogen) atoms. The SMILES string of the molecule is CC(C)C[c-]1cccc1.CCO.CCO.CCO.[Zr]. The number of rotatable bonds is 2. The van der Waals surface area contributed by atoms with E-state index in [1.165, 1.54) is 12.0 Å². The molecule has 0 saturated carbocycles. The van der Waals surface area contributed by atoms with E-state index in [2.05, 4.69) is 38.1 Å². The molecule has 0 radical (unpaired) electrons. The van der Waals surface area contributed by atoms with Gasteiger partial charge in [0.1, 0.15) is 0 Å². The molecule has 0 atom stereocenters. The van der Waals surface area contributed by atoms with Crippen molar-refractivity contribution in [2.75, 3.05) is 19.8 Å². The molecule has 1 aromatic rings. The van der Waals surface area contributed by atoms with E-state index in [1.54, 1.807) is 20.8 Å². The minimum absolute atomic E-state index is 0. The van der Waals surface area contributed by atoms with E-state index in [-0.39, 0.29) is 46.0 Å². The van der Waals surface area contributed by atoms with Crippen LogP contribution in [0.1, 0.15) is 40.2 Å². The second-order valence-corrected chi connectivity index (χ2v) is 3.84. The zero-order valence-corrected chi connectivity index (χ0v) is 15.5. The molecule has 0 spiro atoms. The number of hydrogen-bond donors (Lipinski definition) is 3. The fraction of sp³-hybridized carbons (Fsp3) is 0.667. The fourth-order valence-electron chi connectivity index (χ4n) is 1.02. The molecule has 1 rings (SSSR count). The topological polar surface area (TPSA) is 60.7 Å². The monoisotopic (exact) mass is 349 g/mol. The molecule has 0 unspecified atom stereocenters. The maximum Gasteiger partial charge on any atom is 0.0402 e. The summed E-state index contributed by atoms with van der Waals surface area (Å²) >= 11 is 0. The van der Waals surface area contributed by atoms with Gasteiger partial charge in [0, 0.05) is 46.0 Å². The van der Waals surface area contributed by atoms with Crippen molar-refractivity contribution in [3.8, 4) is 0 Å². The predicted octanol–water partition coefficient (Wildman–Crippen LogP) is 2.60. The summed E-state index contributed by atoms with van der Waals surface area (Å²) in [6.07, 6.45) is 1.22. The second kappa shape index (κ2) is 26.6. The van der Waals surface area contributed by atoms with Crippen LogP contribution in [-0.2, 0) is 32.6 Å². The normalized spacial score (nSPS) is 7.84. The molecule has 0 aliphatic rings. The Balaban J connectivity index is -0.0000000956. The Kier molecular flexibility index (Phi) is 38.5. The van der Waals surface area contributed by atoms with Crippen LogP contribution < -0.4 is 0 Å². The Morgan fingerprint density at radius 2 is 1.11 bits per heavy atom. The first kappa shape index (κ1) is 27.5. The summed E-state index contributed by atoms with van der Waals surface area (Å²) < 4.78 is 0. The Morgan fingerprint density at radius 1 is 0.842 bits per heavy atom. The van der Waals surface area contributed by atoms with Gasteiger partial charge < -0.3 is 15.3 Å². The minimum atomic E-state index is 0. The van der Waals surface area contributed by atoms with Crippen LogP contribution in [-0.4, -0.2) is 35.1 Å². The molecular formula is C15H31O3Zr-. The van der Waals surface area contributed by atoms with E-state index in [0.29, 0.717) is 0 Å². The Morgan fingerprint density at radius 3 is 1.32 bits per heavy atom.